The molecule has 1 fully saturated rings. The van der Waals surface area contributed by atoms with Gasteiger partial charge in [0.05, 0.1) is 23.2 Å². The molecule has 4 aromatic rings. The van der Waals surface area contributed by atoms with Crippen molar-refractivity contribution in [3.8, 4) is 11.8 Å². The summed E-state index contributed by atoms with van der Waals surface area (Å²) in [6.07, 6.45) is 5.31. The summed E-state index contributed by atoms with van der Waals surface area (Å²) in [5.74, 6) is 3.11. The molecule has 1 saturated heterocycles. The standard InChI is InChI=1S/C49H51F2N6O11PS/c50-49(51,69(65,66)67)32-15-19-39-31(23-32)25-40(70-39)46(62)54-36-17-14-29-11-7-12-30-24-38(57(43(29)30)48(36)64)45(61)53-33(16-20-41(52)58)27-68-22-6-4-2-1-3-5-9-28-10-8-13-34-35(28)26-56(47(34)63)37-18-21-42(59)55-44(37)60/h7-8,10-13,15,19,23,25,33,36-38H,1-4,6,14,16-18,20-22,24,26-27H2,(H2,52,58)(H,53,61)(H,54,62)(H,55,59,60)(H2,65,66,67)/t33-,36-,37?,38-/m0/s1. The number of fused-ring (bicyclic) bond motifs is 2. The van der Waals surface area contributed by atoms with E-state index >= 15 is 0 Å². The van der Waals surface area contributed by atoms with Gasteiger partial charge in [-0.25, -0.2) is 0 Å². The molecule has 4 aliphatic heterocycles. The van der Waals surface area contributed by atoms with Gasteiger partial charge in [-0.1, -0.05) is 55.0 Å². The van der Waals surface area contributed by atoms with Crippen LogP contribution in [0.1, 0.15) is 112 Å². The zero-order chi connectivity index (χ0) is 49.9. The fourth-order valence-electron chi connectivity index (χ4n) is 9.38. The first kappa shape index (κ1) is 50.0. The lowest BCUT2D eigenvalue weighted by molar-refractivity contribution is -0.137. The van der Waals surface area contributed by atoms with Crippen molar-refractivity contribution in [2.24, 2.45) is 5.73 Å². The highest BCUT2D eigenvalue weighted by Gasteiger charge is 2.50. The summed E-state index contributed by atoms with van der Waals surface area (Å²) in [5.41, 5.74) is 4.34. The van der Waals surface area contributed by atoms with Crippen molar-refractivity contribution in [3.63, 3.8) is 0 Å². The van der Waals surface area contributed by atoms with E-state index in [1.54, 1.807) is 12.1 Å². The Morgan fingerprint density at radius 3 is 2.53 bits per heavy atom. The van der Waals surface area contributed by atoms with E-state index in [-0.39, 0.29) is 73.8 Å². The van der Waals surface area contributed by atoms with Crippen LogP contribution in [0.2, 0.25) is 0 Å². The number of primary amides is 1. The summed E-state index contributed by atoms with van der Waals surface area (Å²) >= 11 is 0.957. The van der Waals surface area contributed by atoms with Gasteiger partial charge in [-0.05, 0) is 90.9 Å². The van der Waals surface area contributed by atoms with Gasteiger partial charge in [0.1, 0.15) is 18.1 Å². The van der Waals surface area contributed by atoms with Gasteiger partial charge >= 0.3 is 13.3 Å². The molecule has 0 aliphatic carbocycles. The number of halogens is 2. The number of thiophene rings is 1. The predicted octanol–water partition coefficient (Wildman–Crippen LogP) is 4.66. The molecule has 70 heavy (non-hydrogen) atoms. The van der Waals surface area contributed by atoms with Crippen LogP contribution >= 0.6 is 18.9 Å². The highest BCUT2D eigenvalue weighted by atomic mass is 32.1. The molecule has 4 atom stereocenters. The Labute approximate surface area is 405 Å². The van der Waals surface area contributed by atoms with Crippen LogP contribution in [0, 0.1) is 11.8 Å². The van der Waals surface area contributed by atoms with Gasteiger partial charge in [-0.2, -0.15) is 8.78 Å². The lowest BCUT2D eigenvalue weighted by Gasteiger charge is -2.29. The van der Waals surface area contributed by atoms with E-state index in [1.807, 2.05) is 24.3 Å². The molecule has 368 valence electrons. The van der Waals surface area contributed by atoms with Crippen LogP contribution in [-0.4, -0.2) is 93.4 Å². The number of carbonyl (C=O) groups is 7. The maximum Gasteiger partial charge on any atom is 0.399 e. The largest absolute Gasteiger partial charge is 0.399 e. The zero-order valence-corrected chi connectivity index (χ0v) is 39.6. The SMILES string of the molecule is NC(=O)CC[C@@H](COCCCCCCC#Cc1cccc2c1CN(C1CCC(=O)NC1=O)C2=O)NC(=O)[C@@H]1Cc2cccc3c2N1C(=O)[C@@H](NC(=O)c1cc2cc(C(F)(F)P(=O)(O)O)ccc2s1)CC3. The Balaban J connectivity index is 0.828. The van der Waals surface area contributed by atoms with Gasteiger partial charge in [0.2, 0.25) is 29.5 Å². The van der Waals surface area contributed by atoms with Gasteiger partial charge in [0.25, 0.3) is 11.8 Å². The molecule has 21 heteroatoms. The Morgan fingerprint density at radius 2 is 1.76 bits per heavy atom. The number of amides is 7. The molecular weight excluding hydrogens is 950 g/mol. The van der Waals surface area contributed by atoms with Crippen LogP contribution in [-0.2, 0) is 58.3 Å². The third kappa shape index (κ3) is 10.7. The molecule has 3 aromatic carbocycles. The number of imide groups is 1. The lowest BCUT2D eigenvalue weighted by atomic mass is 10.0. The molecule has 1 unspecified atom stereocenters. The number of ether oxygens (including phenoxy) is 1. The number of para-hydroxylation sites is 1. The number of nitrogens with zero attached hydrogens (tertiary/aromatic N) is 2. The Hall–Kier alpha value is -6.36. The molecular formula is C49H51F2N6O11PS. The average Bonchev–Trinajstić information content (AvgIpc) is 4.01. The summed E-state index contributed by atoms with van der Waals surface area (Å²) in [6.45, 7) is 0.716. The maximum absolute atomic E-state index is 14.5. The monoisotopic (exact) mass is 1000 g/mol. The summed E-state index contributed by atoms with van der Waals surface area (Å²) < 4.78 is 46.8. The minimum absolute atomic E-state index is 0.0214. The summed E-state index contributed by atoms with van der Waals surface area (Å²) in [4.78, 5) is 113. The fraction of sp³-hybridized carbons (Fsp3) is 0.408. The van der Waals surface area contributed by atoms with Crippen LogP contribution in [0.15, 0.2) is 60.7 Å². The van der Waals surface area contributed by atoms with E-state index < -0.39 is 72.5 Å². The second-order valence-corrected chi connectivity index (χ2v) is 20.6. The number of hydrogen-bond acceptors (Lipinski definition) is 10. The lowest BCUT2D eigenvalue weighted by Crippen LogP contribution is -2.56. The van der Waals surface area contributed by atoms with Crippen LogP contribution in [0.3, 0.4) is 0 Å². The molecule has 0 saturated carbocycles. The van der Waals surface area contributed by atoms with E-state index in [4.69, 9.17) is 10.5 Å². The van der Waals surface area contributed by atoms with Crippen molar-refractivity contribution >= 4 is 76.1 Å². The van der Waals surface area contributed by atoms with Gasteiger partial charge in [0.15, 0.2) is 0 Å². The van der Waals surface area contributed by atoms with Gasteiger partial charge < -0.3 is 35.8 Å². The summed E-state index contributed by atoms with van der Waals surface area (Å²) in [7, 11) is -5.83. The van der Waals surface area contributed by atoms with Gasteiger partial charge in [-0.3, -0.25) is 48.3 Å². The van der Waals surface area contributed by atoms with Crippen molar-refractivity contribution < 1.29 is 61.4 Å². The number of hydrogen-bond donors (Lipinski definition) is 6. The Kier molecular flexibility index (Phi) is 15.0. The first-order chi connectivity index (χ1) is 33.4. The molecule has 7 amide bonds. The van der Waals surface area contributed by atoms with Crippen molar-refractivity contribution in [1.82, 2.24) is 20.9 Å². The van der Waals surface area contributed by atoms with Crippen molar-refractivity contribution in [2.75, 3.05) is 18.1 Å². The molecule has 0 bridgehead atoms. The molecule has 8 rings (SSSR count). The number of unbranched alkanes of at least 4 members (excludes halogenated alkanes) is 4. The molecule has 5 heterocycles. The van der Waals surface area contributed by atoms with E-state index in [9.17, 15) is 56.7 Å². The smallest absolute Gasteiger partial charge is 0.379 e. The summed E-state index contributed by atoms with van der Waals surface area (Å²) in [5, 5.41) is 8.22. The van der Waals surface area contributed by atoms with E-state index in [0.29, 0.717) is 35.4 Å². The first-order valence-corrected chi connectivity index (χ1v) is 25.5. The third-order valence-corrected chi connectivity index (χ3v) is 15.1. The van der Waals surface area contributed by atoms with E-state index in [0.717, 1.165) is 71.4 Å². The van der Waals surface area contributed by atoms with Gasteiger partial charge in [0, 0.05) is 60.2 Å². The number of carbonyl (C=O) groups excluding carboxylic acids is 7. The van der Waals surface area contributed by atoms with Crippen LogP contribution in [0.25, 0.3) is 10.1 Å². The van der Waals surface area contributed by atoms with E-state index in [1.165, 1.54) is 21.9 Å². The molecule has 0 radical (unpaired) electrons. The number of aryl methyl sites for hydroxylation is 1. The van der Waals surface area contributed by atoms with Crippen LogP contribution in [0.4, 0.5) is 14.5 Å². The van der Waals surface area contributed by atoms with Crippen LogP contribution in [0.5, 0.6) is 0 Å². The first-order valence-electron chi connectivity index (χ1n) is 23.1. The molecule has 7 N–H and O–H groups in total. The second-order valence-electron chi connectivity index (χ2n) is 17.8. The normalized spacial score (nSPS) is 19.2. The number of nitrogens with two attached hydrogens (primary N) is 1. The molecule has 17 nitrogen and oxygen atoms in total. The minimum Gasteiger partial charge on any atom is -0.379 e. The van der Waals surface area contributed by atoms with Crippen molar-refractivity contribution in [2.45, 2.75) is 113 Å². The average molecular weight is 1000 g/mol. The number of rotatable bonds is 18. The fourth-order valence-corrected chi connectivity index (χ4v) is 10.8. The second kappa shape index (κ2) is 20.9. The Bertz CT molecular complexity index is 2890. The van der Waals surface area contributed by atoms with Crippen LogP contribution < -0.4 is 26.6 Å². The quantitative estimate of drug-likeness (QED) is 0.0346. The number of piperidine rings is 1. The highest BCUT2D eigenvalue weighted by molar-refractivity contribution is 7.52. The molecule has 0 spiro atoms. The number of anilines is 1. The number of nitrogens with one attached hydrogen (secondary N) is 3. The number of benzene rings is 3. The molecule has 4 aliphatic rings. The predicted molar refractivity (Wildman–Crippen MR) is 252 cm³/mol. The van der Waals surface area contributed by atoms with Crippen molar-refractivity contribution in [1.29, 1.82) is 0 Å². The molecule has 1 aromatic heterocycles. The summed E-state index contributed by atoms with van der Waals surface area (Å²) in [6, 6.07) is 11.9. The van der Waals surface area contributed by atoms with Crippen molar-refractivity contribution in [3.05, 3.63) is 98.9 Å². The maximum atomic E-state index is 14.5. The minimum atomic E-state index is -5.83. The van der Waals surface area contributed by atoms with E-state index in [2.05, 4.69) is 27.8 Å². The number of alkyl halides is 2. The Morgan fingerprint density at radius 1 is 0.986 bits per heavy atom. The van der Waals surface area contributed by atoms with Gasteiger partial charge in [-0.15, -0.1) is 11.3 Å². The zero-order valence-electron chi connectivity index (χ0n) is 37.8. The third-order valence-electron chi connectivity index (χ3n) is 13.0. The topological polar surface area (TPSA) is 255 Å². The highest BCUT2D eigenvalue weighted by Crippen LogP contribution is 2.59.